The second-order valence-corrected chi connectivity index (χ2v) is 4.74. The fourth-order valence-corrected chi connectivity index (χ4v) is 2.03. The number of hydrogen-bond donors (Lipinski definition) is 1. The maximum absolute atomic E-state index is 11.8. The molecule has 7 heteroatoms. The maximum atomic E-state index is 11.8. The molecular weight excluding hydrogens is 252 g/mol. The standard InChI is InChI=1S/C11H14N4O2S/c1-8-14-9(7-18-8)6-15-11(16)4-10(5-13-15)17-3-2-12/h4-5,7H,2-3,6,12H2,1H3. The average Bonchev–Trinajstić information content (AvgIpc) is 2.75. The summed E-state index contributed by atoms with van der Waals surface area (Å²) in [6.45, 7) is 3.08. The smallest absolute Gasteiger partial charge is 0.270 e. The van der Waals surface area contributed by atoms with Crippen LogP contribution in [-0.2, 0) is 6.54 Å². The Balaban J connectivity index is 2.12. The highest BCUT2D eigenvalue weighted by molar-refractivity contribution is 7.09. The molecule has 96 valence electrons. The predicted molar refractivity (Wildman–Crippen MR) is 69.0 cm³/mol. The molecule has 2 rings (SSSR count). The van der Waals surface area contributed by atoms with Crippen molar-refractivity contribution in [2.75, 3.05) is 13.2 Å². The monoisotopic (exact) mass is 266 g/mol. The first-order valence-electron chi connectivity index (χ1n) is 5.50. The van der Waals surface area contributed by atoms with Gasteiger partial charge in [-0.15, -0.1) is 11.3 Å². The molecule has 0 unspecified atom stereocenters. The lowest BCUT2D eigenvalue weighted by molar-refractivity contribution is 0.324. The molecule has 0 aliphatic rings. The first-order chi connectivity index (χ1) is 8.69. The van der Waals surface area contributed by atoms with E-state index in [4.69, 9.17) is 10.5 Å². The predicted octanol–water partition coefficient (Wildman–Crippen LogP) is 0.394. The maximum Gasteiger partial charge on any atom is 0.270 e. The molecule has 0 spiro atoms. The minimum Gasteiger partial charge on any atom is -0.490 e. The summed E-state index contributed by atoms with van der Waals surface area (Å²) < 4.78 is 6.58. The molecule has 0 aliphatic carbocycles. The van der Waals surface area contributed by atoms with Crippen molar-refractivity contribution in [3.8, 4) is 5.75 Å². The highest BCUT2D eigenvalue weighted by atomic mass is 32.1. The van der Waals surface area contributed by atoms with Crippen molar-refractivity contribution < 1.29 is 4.74 Å². The van der Waals surface area contributed by atoms with Crippen LogP contribution in [0.2, 0.25) is 0 Å². The van der Waals surface area contributed by atoms with Crippen molar-refractivity contribution >= 4 is 11.3 Å². The third kappa shape index (κ3) is 3.14. The topological polar surface area (TPSA) is 83.0 Å². The number of nitrogens with two attached hydrogens (primary N) is 1. The Bertz CT molecular complexity index is 578. The van der Waals surface area contributed by atoms with Crippen LogP contribution >= 0.6 is 11.3 Å². The van der Waals surface area contributed by atoms with E-state index >= 15 is 0 Å². The molecule has 0 aromatic carbocycles. The molecule has 0 amide bonds. The van der Waals surface area contributed by atoms with Crippen LogP contribution in [-0.4, -0.2) is 27.9 Å². The molecule has 0 radical (unpaired) electrons. The SMILES string of the molecule is Cc1nc(Cn2ncc(OCCN)cc2=O)cs1. The molecule has 2 heterocycles. The van der Waals surface area contributed by atoms with Crippen LogP contribution in [0.3, 0.4) is 0 Å². The van der Waals surface area contributed by atoms with Gasteiger partial charge >= 0.3 is 0 Å². The van der Waals surface area contributed by atoms with Crippen LogP contribution in [0.15, 0.2) is 22.4 Å². The van der Waals surface area contributed by atoms with E-state index < -0.39 is 0 Å². The molecule has 2 aromatic heterocycles. The van der Waals surface area contributed by atoms with E-state index in [0.717, 1.165) is 10.7 Å². The lowest BCUT2D eigenvalue weighted by Gasteiger charge is -2.05. The van der Waals surface area contributed by atoms with E-state index in [1.807, 2.05) is 12.3 Å². The molecule has 0 atom stereocenters. The van der Waals surface area contributed by atoms with Gasteiger partial charge in [0.15, 0.2) is 0 Å². The molecule has 0 fully saturated rings. The molecule has 0 saturated heterocycles. The van der Waals surface area contributed by atoms with Crippen molar-refractivity contribution in [1.29, 1.82) is 0 Å². The minimum atomic E-state index is -0.213. The van der Waals surface area contributed by atoms with E-state index in [1.54, 1.807) is 11.3 Å². The third-order valence-corrected chi connectivity index (χ3v) is 3.03. The van der Waals surface area contributed by atoms with Crippen molar-refractivity contribution in [2.45, 2.75) is 13.5 Å². The van der Waals surface area contributed by atoms with E-state index in [-0.39, 0.29) is 5.56 Å². The summed E-state index contributed by atoms with van der Waals surface area (Å²) >= 11 is 1.55. The minimum absolute atomic E-state index is 0.213. The Kier molecular flexibility index (Phi) is 4.06. The first kappa shape index (κ1) is 12.7. The number of thiazole rings is 1. The van der Waals surface area contributed by atoms with Gasteiger partial charge in [-0.05, 0) is 6.92 Å². The Morgan fingerprint density at radius 1 is 1.56 bits per heavy atom. The number of hydrogen-bond acceptors (Lipinski definition) is 6. The first-order valence-corrected chi connectivity index (χ1v) is 6.38. The van der Waals surface area contributed by atoms with E-state index in [2.05, 4.69) is 10.1 Å². The number of aromatic nitrogens is 3. The molecular formula is C11H14N4O2S. The van der Waals surface area contributed by atoms with Crippen LogP contribution < -0.4 is 16.0 Å². The van der Waals surface area contributed by atoms with Crippen molar-refractivity contribution in [2.24, 2.45) is 5.73 Å². The molecule has 2 aromatic rings. The number of nitrogens with zero attached hydrogens (tertiary/aromatic N) is 3. The third-order valence-electron chi connectivity index (χ3n) is 2.21. The lowest BCUT2D eigenvalue weighted by atomic mass is 10.4. The van der Waals surface area contributed by atoms with E-state index in [9.17, 15) is 4.79 Å². The lowest BCUT2D eigenvalue weighted by Crippen LogP contribution is -2.23. The van der Waals surface area contributed by atoms with Crippen LogP contribution in [0.25, 0.3) is 0 Å². The summed E-state index contributed by atoms with van der Waals surface area (Å²) in [7, 11) is 0. The summed E-state index contributed by atoms with van der Waals surface area (Å²) in [6.07, 6.45) is 1.51. The van der Waals surface area contributed by atoms with Crippen LogP contribution in [0.5, 0.6) is 5.75 Å². The van der Waals surface area contributed by atoms with Gasteiger partial charge in [0, 0.05) is 18.0 Å². The molecule has 18 heavy (non-hydrogen) atoms. The van der Waals surface area contributed by atoms with E-state index in [0.29, 0.717) is 25.4 Å². The van der Waals surface area contributed by atoms with Gasteiger partial charge in [-0.3, -0.25) is 4.79 Å². The summed E-state index contributed by atoms with van der Waals surface area (Å²) in [6, 6.07) is 1.40. The Hall–Kier alpha value is -1.73. The van der Waals surface area contributed by atoms with Gasteiger partial charge in [-0.2, -0.15) is 5.10 Å². The van der Waals surface area contributed by atoms with Gasteiger partial charge in [-0.25, -0.2) is 9.67 Å². The van der Waals surface area contributed by atoms with Crippen LogP contribution in [0.1, 0.15) is 10.7 Å². The Morgan fingerprint density at radius 3 is 3.00 bits per heavy atom. The average molecular weight is 266 g/mol. The fourth-order valence-electron chi connectivity index (χ4n) is 1.43. The fraction of sp³-hybridized carbons (Fsp3) is 0.364. The second-order valence-electron chi connectivity index (χ2n) is 3.68. The van der Waals surface area contributed by atoms with Crippen LogP contribution in [0, 0.1) is 6.92 Å². The highest BCUT2D eigenvalue weighted by Gasteiger charge is 2.04. The molecule has 0 saturated carbocycles. The molecule has 2 N–H and O–H groups in total. The zero-order valence-electron chi connectivity index (χ0n) is 10.00. The van der Waals surface area contributed by atoms with Crippen molar-refractivity contribution in [1.82, 2.24) is 14.8 Å². The van der Waals surface area contributed by atoms with E-state index in [1.165, 1.54) is 16.9 Å². The zero-order chi connectivity index (χ0) is 13.0. The summed E-state index contributed by atoms with van der Waals surface area (Å²) in [5, 5.41) is 6.93. The van der Waals surface area contributed by atoms with Gasteiger partial charge in [0.2, 0.25) is 0 Å². The van der Waals surface area contributed by atoms with Crippen molar-refractivity contribution in [3.63, 3.8) is 0 Å². The summed E-state index contributed by atoms with van der Waals surface area (Å²) in [4.78, 5) is 16.1. The number of aryl methyl sites for hydroxylation is 1. The van der Waals surface area contributed by atoms with Crippen LogP contribution in [0.4, 0.5) is 0 Å². The normalized spacial score (nSPS) is 10.6. The Morgan fingerprint density at radius 2 is 2.39 bits per heavy atom. The quantitative estimate of drug-likeness (QED) is 0.846. The summed E-state index contributed by atoms with van der Waals surface area (Å²) in [5.41, 5.74) is 5.94. The number of rotatable bonds is 5. The largest absolute Gasteiger partial charge is 0.490 e. The van der Waals surface area contributed by atoms with Gasteiger partial charge in [0.25, 0.3) is 5.56 Å². The van der Waals surface area contributed by atoms with Crippen molar-refractivity contribution in [3.05, 3.63) is 38.7 Å². The summed E-state index contributed by atoms with van der Waals surface area (Å²) in [5.74, 6) is 0.441. The van der Waals surface area contributed by atoms with Gasteiger partial charge in [0.1, 0.15) is 12.4 Å². The number of ether oxygens (including phenoxy) is 1. The molecule has 6 nitrogen and oxygen atoms in total. The molecule has 0 aliphatic heterocycles. The highest BCUT2D eigenvalue weighted by Crippen LogP contribution is 2.09. The molecule has 0 bridgehead atoms. The van der Waals surface area contributed by atoms with Gasteiger partial charge in [0.05, 0.1) is 23.4 Å². The second kappa shape index (κ2) is 5.74. The Labute approximate surface area is 108 Å². The zero-order valence-corrected chi connectivity index (χ0v) is 10.8. The van der Waals surface area contributed by atoms with Gasteiger partial charge < -0.3 is 10.5 Å². The van der Waals surface area contributed by atoms with Gasteiger partial charge in [-0.1, -0.05) is 0 Å².